The third-order valence-electron chi connectivity index (χ3n) is 6.80. The minimum atomic E-state index is -0.945. The summed E-state index contributed by atoms with van der Waals surface area (Å²) in [4.78, 5) is 29.2. The first kappa shape index (κ1) is 23.7. The van der Waals surface area contributed by atoms with E-state index >= 15 is 0 Å². The average molecular weight is 489 g/mol. The van der Waals surface area contributed by atoms with E-state index in [-0.39, 0.29) is 24.4 Å². The predicted octanol–water partition coefficient (Wildman–Crippen LogP) is 4.13. The molecule has 0 radical (unpaired) electrons. The smallest absolute Gasteiger partial charge is 0.249 e. The number of fused-ring (bicyclic) bond motifs is 1. The average Bonchev–Trinajstić information content (AvgIpc) is 3.49. The SMILES string of the molecule is Cn1cccc1[C@H](C(=O)NC1CCCCC1)N(C(=O)Cn1nnc2ccccc21)c1ccc(F)cc1. The molecule has 2 aromatic carbocycles. The topological polar surface area (TPSA) is 85.0 Å². The molecular weight excluding hydrogens is 459 g/mol. The molecule has 0 spiro atoms. The van der Waals surface area contributed by atoms with Crippen LogP contribution in [0.15, 0.2) is 66.9 Å². The van der Waals surface area contributed by atoms with Crippen LogP contribution in [0.1, 0.15) is 43.8 Å². The molecule has 4 aromatic rings. The number of rotatable bonds is 7. The second kappa shape index (κ2) is 10.3. The van der Waals surface area contributed by atoms with E-state index in [1.165, 1.54) is 40.3 Å². The minimum Gasteiger partial charge on any atom is -0.352 e. The molecule has 1 aliphatic carbocycles. The lowest BCUT2D eigenvalue weighted by Gasteiger charge is -2.33. The molecule has 5 rings (SSSR count). The summed E-state index contributed by atoms with van der Waals surface area (Å²) in [6.45, 7) is -0.129. The highest BCUT2D eigenvalue weighted by atomic mass is 19.1. The first-order chi connectivity index (χ1) is 17.5. The van der Waals surface area contributed by atoms with Gasteiger partial charge in [-0.15, -0.1) is 5.10 Å². The zero-order valence-electron chi connectivity index (χ0n) is 20.2. The maximum absolute atomic E-state index is 13.9. The van der Waals surface area contributed by atoms with Crippen LogP contribution < -0.4 is 10.2 Å². The molecule has 8 nitrogen and oxygen atoms in total. The molecule has 2 amide bonds. The summed E-state index contributed by atoms with van der Waals surface area (Å²) < 4.78 is 17.2. The van der Waals surface area contributed by atoms with Gasteiger partial charge < -0.3 is 9.88 Å². The van der Waals surface area contributed by atoms with Crippen molar-refractivity contribution >= 4 is 28.5 Å². The zero-order chi connectivity index (χ0) is 25.1. The normalized spacial score (nSPS) is 15.1. The number of benzene rings is 2. The lowest BCUT2D eigenvalue weighted by molar-refractivity contribution is -0.127. The third-order valence-corrected chi connectivity index (χ3v) is 6.80. The van der Waals surface area contributed by atoms with Crippen molar-refractivity contribution in [2.75, 3.05) is 4.90 Å². The number of para-hydroxylation sites is 1. The highest BCUT2D eigenvalue weighted by Gasteiger charge is 2.35. The van der Waals surface area contributed by atoms with Gasteiger partial charge in [0.25, 0.3) is 0 Å². The Morgan fingerprint density at radius 3 is 2.53 bits per heavy atom. The van der Waals surface area contributed by atoms with Gasteiger partial charge in [-0.25, -0.2) is 9.07 Å². The molecule has 1 saturated carbocycles. The number of hydrogen-bond acceptors (Lipinski definition) is 4. The molecule has 1 N–H and O–H groups in total. The zero-order valence-corrected chi connectivity index (χ0v) is 20.2. The molecule has 0 aliphatic heterocycles. The fourth-order valence-corrected chi connectivity index (χ4v) is 4.95. The van der Waals surface area contributed by atoms with Crippen molar-refractivity contribution in [3.8, 4) is 0 Å². The second-order valence-corrected chi connectivity index (χ2v) is 9.27. The molecule has 1 fully saturated rings. The van der Waals surface area contributed by atoms with Crippen molar-refractivity contribution in [2.24, 2.45) is 7.05 Å². The fraction of sp³-hybridized carbons (Fsp3) is 0.333. The molecule has 1 atom stereocenters. The first-order valence-corrected chi connectivity index (χ1v) is 12.3. The van der Waals surface area contributed by atoms with Gasteiger partial charge in [-0.3, -0.25) is 14.5 Å². The number of amides is 2. The molecule has 0 saturated heterocycles. The van der Waals surface area contributed by atoms with E-state index in [4.69, 9.17) is 0 Å². The van der Waals surface area contributed by atoms with Gasteiger partial charge in [0.2, 0.25) is 11.8 Å². The summed E-state index contributed by atoms with van der Waals surface area (Å²) in [5, 5.41) is 11.5. The monoisotopic (exact) mass is 488 g/mol. The van der Waals surface area contributed by atoms with Gasteiger partial charge in [-0.1, -0.05) is 36.6 Å². The predicted molar refractivity (Wildman–Crippen MR) is 135 cm³/mol. The minimum absolute atomic E-state index is 0.0680. The van der Waals surface area contributed by atoms with Crippen LogP contribution >= 0.6 is 0 Å². The van der Waals surface area contributed by atoms with E-state index < -0.39 is 11.9 Å². The number of carbonyl (C=O) groups excluding carboxylic acids is 2. The van der Waals surface area contributed by atoms with Gasteiger partial charge in [0, 0.05) is 25.0 Å². The number of aromatic nitrogens is 4. The number of carbonyl (C=O) groups is 2. The molecule has 9 heteroatoms. The van der Waals surface area contributed by atoms with E-state index in [2.05, 4.69) is 15.6 Å². The molecule has 2 aromatic heterocycles. The Morgan fingerprint density at radius 2 is 1.81 bits per heavy atom. The van der Waals surface area contributed by atoms with Gasteiger partial charge >= 0.3 is 0 Å². The quantitative estimate of drug-likeness (QED) is 0.424. The number of nitrogens with zero attached hydrogens (tertiary/aromatic N) is 5. The Labute approximate surface area is 208 Å². The Hall–Kier alpha value is -4.01. The molecule has 0 unspecified atom stereocenters. The van der Waals surface area contributed by atoms with Crippen molar-refractivity contribution < 1.29 is 14.0 Å². The second-order valence-electron chi connectivity index (χ2n) is 9.27. The van der Waals surface area contributed by atoms with Crippen LogP contribution in [0.3, 0.4) is 0 Å². The Balaban J connectivity index is 1.54. The van der Waals surface area contributed by atoms with Gasteiger partial charge in [-0.05, 0) is 61.4 Å². The lowest BCUT2D eigenvalue weighted by Crippen LogP contribution is -2.48. The lowest BCUT2D eigenvalue weighted by atomic mass is 9.95. The van der Waals surface area contributed by atoms with Gasteiger partial charge in [0.15, 0.2) is 6.04 Å². The van der Waals surface area contributed by atoms with Crippen molar-refractivity contribution in [1.82, 2.24) is 24.9 Å². The maximum Gasteiger partial charge on any atom is 0.249 e. The number of nitrogens with one attached hydrogen (secondary N) is 1. The summed E-state index contributed by atoms with van der Waals surface area (Å²) in [6, 6.07) is 15.8. The summed E-state index contributed by atoms with van der Waals surface area (Å²) in [5.41, 5.74) is 2.47. The third kappa shape index (κ3) is 4.86. The van der Waals surface area contributed by atoms with Gasteiger partial charge in [0.05, 0.1) is 11.2 Å². The molecule has 186 valence electrons. The van der Waals surface area contributed by atoms with E-state index in [1.807, 2.05) is 54.2 Å². The highest BCUT2D eigenvalue weighted by Crippen LogP contribution is 2.30. The Bertz CT molecular complexity index is 1360. The summed E-state index contributed by atoms with van der Waals surface area (Å²) in [6.07, 6.45) is 6.98. The van der Waals surface area contributed by atoms with Crippen LogP contribution in [0, 0.1) is 5.82 Å². The molecular formula is C27H29FN6O2. The number of aryl methyl sites for hydroxylation is 1. The largest absolute Gasteiger partial charge is 0.352 e. The van der Waals surface area contributed by atoms with Gasteiger partial charge in [0.1, 0.15) is 17.9 Å². The van der Waals surface area contributed by atoms with E-state index in [0.717, 1.165) is 25.7 Å². The maximum atomic E-state index is 13.9. The fourth-order valence-electron chi connectivity index (χ4n) is 4.95. The summed E-state index contributed by atoms with van der Waals surface area (Å²) >= 11 is 0. The number of anilines is 1. The number of halogens is 1. The van der Waals surface area contributed by atoms with Crippen molar-refractivity contribution in [2.45, 2.75) is 50.7 Å². The van der Waals surface area contributed by atoms with Crippen LogP contribution in [0.5, 0.6) is 0 Å². The van der Waals surface area contributed by atoms with E-state index in [1.54, 1.807) is 0 Å². The molecule has 1 aliphatic rings. The van der Waals surface area contributed by atoms with Crippen LogP contribution in [-0.2, 0) is 23.2 Å². The highest BCUT2D eigenvalue weighted by molar-refractivity contribution is 6.01. The van der Waals surface area contributed by atoms with Crippen molar-refractivity contribution in [3.63, 3.8) is 0 Å². The summed E-state index contributed by atoms with van der Waals surface area (Å²) in [7, 11) is 1.84. The standard InChI is InChI=1S/C27H29FN6O2/c1-32-17-7-12-24(32)26(27(36)29-20-8-3-2-4-9-20)34(21-15-13-19(28)14-16-21)25(35)18-33-23-11-6-5-10-22(23)30-31-33/h5-7,10-17,20,26H,2-4,8-9,18H2,1H3,(H,29,36)/t26-/m1/s1. The van der Waals surface area contributed by atoms with Gasteiger partial charge in [-0.2, -0.15) is 0 Å². The summed E-state index contributed by atoms with van der Waals surface area (Å²) in [5.74, 6) is -1.04. The van der Waals surface area contributed by atoms with Crippen LogP contribution in [0.25, 0.3) is 11.0 Å². The van der Waals surface area contributed by atoms with Crippen LogP contribution in [-0.4, -0.2) is 37.4 Å². The first-order valence-electron chi connectivity index (χ1n) is 12.3. The van der Waals surface area contributed by atoms with Crippen molar-refractivity contribution in [3.05, 3.63) is 78.4 Å². The van der Waals surface area contributed by atoms with Crippen molar-refractivity contribution in [1.29, 1.82) is 0 Å². The number of hydrogen-bond donors (Lipinski definition) is 1. The molecule has 2 heterocycles. The van der Waals surface area contributed by atoms with E-state index in [0.29, 0.717) is 22.4 Å². The molecule has 0 bridgehead atoms. The Morgan fingerprint density at radius 1 is 1.06 bits per heavy atom. The van der Waals surface area contributed by atoms with Crippen LogP contribution in [0.2, 0.25) is 0 Å². The van der Waals surface area contributed by atoms with Crippen LogP contribution in [0.4, 0.5) is 10.1 Å². The van der Waals surface area contributed by atoms with E-state index in [9.17, 15) is 14.0 Å². The Kier molecular flexibility index (Phi) is 6.79. The molecule has 36 heavy (non-hydrogen) atoms.